The number of aryl methyl sites for hydroxylation is 2. The number of carbonyl (C=O) groups is 1. The van der Waals surface area contributed by atoms with Crippen molar-refractivity contribution in [2.75, 3.05) is 0 Å². The van der Waals surface area contributed by atoms with Crippen LogP contribution in [0.25, 0.3) is 22.5 Å². The van der Waals surface area contributed by atoms with Gasteiger partial charge in [0.2, 0.25) is 5.82 Å². The summed E-state index contributed by atoms with van der Waals surface area (Å²) in [5.41, 5.74) is 5.81. The average molecular weight is 493 g/mol. The molecule has 0 bridgehead atoms. The van der Waals surface area contributed by atoms with E-state index in [1.165, 1.54) is 6.07 Å². The predicted octanol–water partition coefficient (Wildman–Crippen LogP) is 4.04. The Morgan fingerprint density at radius 3 is 2.41 bits per heavy atom. The summed E-state index contributed by atoms with van der Waals surface area (Å²) in [5, 5.41) is 23.7. The monoisotopic (exact) mass is 492 g/mol. The zero-order valence-corrected chi connectivity index (χ0v) is 20.3. The second-order valence-electron chi connectivity index (χ2n) is 8.77. The maximum atomic E-state index is 13.5. The number of benzene rings is 3. The number of hydrogen-bond donors (Lipinski definition) is 2. The first-order chi connectivity index (χ1) is 17.9. The number of rotatable bonds is 7. The van der Waals surface area contributed by atoms with Gasteiger partial charge >= 0.3 is 5.97 Å². The van der Waals surface area contributed by atoms with E-state index in [1.54, 1.807) is 16.7 Å². The number of aromatic carboxylic acids is 1. The molecule has 5 rings (SSSR count). The Balaban J connectivity index is 1.44. The van der Waals surface area contributed by atoms with Gasteiger partial charge in [0, 0.05) is 23.2 Å². The molecule has 0 aliphatic heterocycles. The zero-order valence-electron chi connectivity index (χ0n) is 20.3. The van der Waals surface area contributed by atoms with Crippen molar-refractivity contribution in [1.29, 1.82) is 0 Å². The fourth-order valence-electron chi connectivity index (χ4n) is 4.42. The first-order valence-electron chi connectivity index (χ1n) is 11.7. The first-order valence-corrected chi connectivity index (χ1v) is 11.7. The summed E-state index contributed by atoms with van der Waals surface area (Å²) >= 11 is 0. The molecule has 2 heterocycles. The molecule has 0 fully saturated rings. The van der Waals surface area contributed by atoms with Gasteiger partial charge in [-0.15, -0.1) is 10.2 Å². The third kappa shape index (κ3) is 4.92. The molecule has 3 aromatic carbocycles. The molecule has 0 unspecified atom stereocenters. The lowest BCUT2D eigenvalue weighted by atomic mass is 9.98. The minimum atomic E-state index is -0.999. The van der Waals surface area contributed by atoms with E-state index in [2.05, 4.69) is 25.6 Å². The van der Waals surface area contributed by atoms with Crippen LogP contribution in [0.3, 0.4) is 0 Å². The van der Waals surface area contributed by atoms with Gasteiger partial charge in [-0.05, 0) is 53.4 Å². The normalized spacial score (nSPS) is 11.0. The number of nitrogens with zero attached hydrogens (tertiary/aromatic N) is 5. The molecule has 9 heteroatoms. The Kier molecular flexibility index (Phi) is 6.42. The number of aromatic nitrogens is 6. The molecule has 37 heavy (non-hydrogen) atoms. The van der Waals surface area contributed by atoms with Crippen LogP contribution in [0, 0.1) is 13.8 Å². The molecule has 0 spiro atoms. The standard InChI is InChI=1S/C28H24N6O3/c1-17-25(15-20-6-5-7-22(14-20)28(36)37)27(35)34(18(2)29-17)16-19-10-12-21(13-11-19)23-8-3-4-9-24(23)26-30-32-33-31-26/h3-14H,15-16H2,1-2H3,(H,36,37)(H,30,31,32,33). The number of carboxylic acids is 1. The predicted molar refractivity (Wildman–Crippen MR) is 138 cm³/mol. The van der Waals surface area contributed by atoms with Crippen molar-refractivity contribution in [3.8, 4) is 22.5 Å². The second kappa shape index (κ2) is 9.98. The molecular weight excluding hydrogens is 468 g/mol. The van der Waals surface area contributed by atoms with E-state index in [-0.39, 0.29) is 11.1 Å². The fraction of sp³-hybridized carbons (Fsp3) is 0.143. The van der Waals surface area contributed by atoms with Crippen LogP contribution in [0.4, 0.5) is 0 Å². The molecule has 9 nitrogen and oxygen atoms in total. The molecule has 0 aliphatic carbocycles. The SMILES string of the molecule is Cc1nc(C)n(Cc2ccc(-c3ccccc3-c3nn[nH]n3)cc2)c(=O)c1Cc1cccc(C(=O)O)c1. The Morgan fingerprint density at radius 1 is 0.946 bits per heavy atom. The van der Waals surface area contributed by atoms with Crippen molar-refractivity contribution in [2.45, 2.75) is 26.8 Å². The highest BCUT2D eigenvalue weighted by atomic mass is 16.4. The van der Waals surface area contributed by atoms with Gasteiger partial charge in [0.25, 0.3) is 5.56 Å². The number of nitrogens with one attached hydrogen (secondary N) is 1. The van der Waals surface area contributed by atoms with Crippen LogP contribution in [0.15, 0.2) is 77.6 Å². The summed E-state index contributed by atoms with van der Waals surface area (Å²) in [5.74, 6) is 0.146. The maximum Gasteiger partial charge on any atom is 0.335 e. The van der Waals surface area contributed by atoms with Crippen LogP contribution in [0.2, 0.25) is 0 Å². The van der Waals surface area contributed by atoms with Gasteiger partial charge in [-0.2, -0.15) is 5.21 Å². The van der Waals surface area contributed by atoms with Crippen molar-refractivity contribution >= 4 is 5.97 Å². The van der Waals surface area contributed by atoms with Crippen molar-refractivity contribution in [3.63, 3.8) is 0 Å². The van der Waals surface area contributed by atoms with Crippen molar-refractivity contribution < 1.29 is 9.90 Å². The Morgan fingerprint density at radius 2 is 1.70 bits per heavy atom. The van der Waals surface area contributed by atoms with Gasteiger partial charge < -0.3 is 5.11 Å². The molecule has 2 N–H and O–H groups in total. The van der Waals surface area contributed by atoms with Crippen molar-refractivity contribution in [3.05, 3.63) is 117 Å². The largest absolute Gasteiger partial charge is 0.478 e. The minimum Gasteiger partial charge on any atom is -0.478 e. The topological polar surface area (TPSA) is 127 Å². The molecule has 2 aromatic heterocycles. The van der Waals surface area contributed by atoms with E-state index in [4.69, 9.17) is 0 Å². The number of H-pyrrole nitrogens is 1. The van der Waals surface area contributed by atoms with Gasteiger partial charge in [-0.25, -0.2) is 9.78 Å². The van der Waals surface area contributed by atoms with E-state index in [0.29, 0.717) is 35.9 Å². The smallest absolute Gasteiger partial charge is 0.335 e. The number of tetrazole rings is 1. The lowest BCUT2D eigenvalue weighted by Crippen LogP contribution is -2.29. The van der Waals surface area contributed by atoms with Gasteiger partial charge in [-0.3, -0.25) is 9.36 Å². The van der Waals surface area contributed by atoms with Gasteiger partial charge in [0.05, 0.1) is 12.1 Å². The summed E-state index contributed by atoms with van der Waals surface area (Å²) in [6.45, 7) is 4.00. The zero-order chi connectivity index (χ0) is 25.9. The third-order valence-corrected chi connectivity index (χ3v) is 6.33. The van der Waals surface area contributed by atoms with Crippen molar-refractivity contribution in [1.82, 2.24) is 30.2 Å². The number of carboxylic acid groups (broad SMARTS) is 1. The highest BCUT2D eigenvalue weighted by Crippen LogP contribution is 2.29. The molecule has 5 aromatic rings. The number of hydrogen-bond acceptors (Lipinski definition) is 6. The van der Waals surface area contributed by atoms with Crippen LogP contribution in [-0.4, -0.2) is 41.3 Å². The van der Waals surface area contributed by atoms with Crippen LogP contribution in [0.5, 0.6) is 0 Å². The van der Waals surface area contributed by atoms with Gasteiger partial charge in [0.15, 0.2) is 0 Å². The molecule has 0 aliphatic rings. The molecule has 0 saturated heterocycles. The van der Waals surface area contributed by atoms with Gasteiger partial charge in [-0.1, -0.05) is 60.7 Å². The van der Waals surface area contributed by atoms with E-state index < -0.39 is 5.97 Å². The van der Waals surface area contributed by atoms with E-state index >= 15 is 0 Å². The fourth-order valence-corrected chi connectivity index (χ4v) is 4.42. The first kappa shape index (κ1) is 23.8. The van der Waals surface area contributed by atoms with Crippen LogP contribution < -0.4 is 5.56 Å². The van der Waals surface area contributed by atoms with Gasteiger partial charge in [0.1, 0.15) is 5.82 Å². The summed E-state index contributed by atoms with van der Waals surface area (Å²) < 4.78 is 1.66. The summed E-state index contributed by atoms with van der Waals surface area (Å²) in [4.78, 5) is 29.4. The quantitative estimate of drug-likeness (QED) is 0.351. The minimum absolute atomic E-state index is 0.128. The summed E-state index contributed by atoms with van der Waals surface area (Å²) in [6, 6.07) is 22.5. The van der Waals surface area contributed by atoms with E-state index in [0.717, 1.165) is 27.8 Å². The molecule has 184 valence electrons. The average Bonchev–Trinajstić information content (AvgIpc) is 3.45. The lowest BCUT2D eigenvalue weighted by molar-refractivity contribution is 0.0696. The van der Waals surface area contributed by atoms with Crippen LogP contribution in [0.1, 0.15) is 38.6 Å². The Labute approximate surface area is 212 Å². The third-order valence-electron chi connectivity index (χ3n) is 6.33. The Bertz CT molecular complexity index is 1640. The highest BCUT2D eigenvalue weighted by Gasteiger charge is 2.15. The molecule has 0 amide bonds. The molecule has 0 atom stereocenters. The van der Waals surface area contributed by atoms with E-state index in [9.17, 15) is 14.7 Å². The molecule has 0 radical (unpaired) electrons. The second-order valence-corrected chi connectivity index (χ2v) is 8.77. The Hall–Kier alpha value is -4.92. The van der Waals surface area contributed by atoms with E-state index in [1.807, 2.05) is 68.4 Å². The molecular formula is C28H24N6O3. The highest BCUT2D eigenvalue weighted by molar-refractivity contribution is 5.87. The summed E-state index contributed by atoms with van der Waals surface area (Å²) in [6.07, 6.45) is 0.310. The van der Waals surface area contributed by atoms with Crippen LogP contribution in [-0.2, 0) is 13.0 Å². The van der Waals surface area contributed by atoms with Crippen molar-refractivity contribution in [2.24, 2.45) is 0 Å². The number of aromatic amines is 1. The molecule has 0 saturated carbocycles. The maximum absolute atomic E-state index is 13.5. The lowest BCUT2D eigenvalue weighted by Gasteiger charge is -2.15. The van der Waals surface area contributed by atoms with Crippen LogP contribution >= 0.6 is 0 Å². The summed E-state index contributed by atoms with van der Waals surface area (Å²) in [7, 11) is 0.